The zero-order valence-corrected chi connectivity index (χ0v) is 38.3. The Labute approximate surface area is 369 Å². The van der Waals surface area contributed by atoms with Crippen LogP contribution in [0.4, 0.5) is 0 Å². The van der Waals surface area contributed by atoms with Crippen LogP contribution in [0, 0.1) is 35.5 Å². The zero-order valence-electron chi connectivity index (χ0n) is 35.2. The van der Waals surface area contributed by atoms with Crippen molar-refractivity contribution in [2.45, 2.75) is 124 Å². The minimum absolute atomic E-state index is 0. The summed E-state index contributed by atoms with van der Waals surface area (Å²) in [5.74, 6) is 6.00. The van der Waals surface area contributed by atoms with E-state index in [1.54, 1.807) is 93.7 Å². The largest absolute Gasteiger partial charge is 2.00 e. The molecule has 4 N–H and O–H groups in total. The normalized spacial score (nSPS) is 34.3. The second-order valence-corrected chi connectivity index (χ2v) is 24.7. The van der Waals surface area contributed by atoms with Gasteiger partial charge in [0.25, 0.3) is 0 Å². The maximum atomic E-state index is 4.05. The van der Waals surface area contributed by atoms with E-state index in [-0.39, 0.29) is 42.5 Å². The first-order chi connectivity index (χ1) is 28.5. The van der Waals surface area contributed by atoms with Crippen molar-refractivity contribution in [2.75, 3.05) is 26.2 Å². The summed E-state index contributed by atoms with van der Waals surface area (Å²) in [6.45, 7) is 4.28. The van der Waals surface area contributed by atoms with Crippen molar-refractivity contribution in [3.8, 4) is 22.3 Å². The molecule has 59 heavy (non-hydrogen) atoms. The Morgan fingerprint density at radius 1 is 0.610 bits per heavy atom. The fourth-order valence-electron chi connectivity index (χ4n) is 15.5. The summed E-state index contributed by atoms with van der Waals surface area (Å²) in [5.41, 5.74) is 9.08. The van der Waals surface area contributed by atoms with Gasteiger partial charge in [-0.05, 0) is 168 Å². The van der Waals surface area contributed by atoms with Crippen LogP contribution in [-0.2, 0) is 28.4 Å². The predicted octanol–water partition coefficient (Wildman–Crippen LogP) is 11.0. The molecule has 10 aliphatic rings. The molecule has 2 saturated heterocycles. The van der Waals surface area contributed by atoms with Crippen molar-refractivity contribution in [2.24, 2.45) is 35.5 Å². The van der Waals surface area contributed by atoms with Crippen LogP contribution in [0.1, 0.15) is 101 Å². The molecule has 8 saturated carbocycles. The monoisotopic (exact) mass is 866 g/mol. The van der Waals surface area contributed by atoms with Gasteiger partial charge in [-0.3, -0.25) is 0 Å². The number of hydrogen-bond acceptors (Lipinski definition) is 4. The Balaban J connectivity index is 0.000000655. The standard InChI is InChI=1S/C47H63N4P2.C5H5.Fe/c52-47(43-48-13-7-14-49-43,44-50-15-8-16-51-44)41-23-39(37-9-3-1-4-10-37)42(38-11-5-2-6-12-38)40(41)30-53(45-24-31-17-32(25-45)19-33(18-31)26-45)46-27-34-20-35(28-46)22-36(21-34)29-46;1-2-4-5-3-1;/h1-6,9-12,23,31-36,43-44,48-51H,7-8,13-22,24-30,52H2;1-5H;/q2*-1;+2. The number of hydrogen-bond donors (Lipinski definition) is 4. The van der Waals surface area contributed by atoms with Crippen LogP contribution in [0.25, 0.3) is 22.3 Å². The molecule has 2 aliphatic heterocycles. The molecule has 2 heterocycles. The van der Waals surface area contributed by atoms with Gasteiger partial charge in [0.15, 0.2) is 0 Å². The maximum absolute atomic E-state index is 4.05. The average molecular weight is 867 g/mol. The Hall–Kier alpha value is -1.64. The Kier molecular flexibility index (Phi) is 12.0. The molecule has 0 spiro atoms. The zero-order chi connectivity index (χ0) is 38.7. The van der Waals surface area contributed by atoms with Gasteiger partial charge < -0.3 is 21.3 Å². The van der Waals surface area contributed by atoms with Gasteiger partial charge in [0, 0.05) is 5.16 Å². The summed E-state index contributed by atoms with van der Waals surface area (Å²) in [5, 5.41) is 17.1. The van der Waals surface area contributed by atoms with Gasteiger partial charge in [0.2, 0.25) is 0 Å². The minimum atomic E-state index is -0.253. The number of nitrogens with one attached hydrogen (secondary N) is 4. The molecule has 8 aliphatic carbocycles. The summed E-state index contributed by atoms with van der Waals surface area (Å²) in [6, 6.07) is 35.9. The van der Waals surface area contributed by atoms with Crippen LogP contribution < -0.4 is 21.3 Å². The molecular formula is C52H68FeN4P2. The van der Waals surface area contributed by atoms with E-state index in [1.807, 2.05) is 30.3 Å². The third kappa shape index (κ3) is 7.67. The SMILES string of the molecule is PC(c1cc(-c2ccccc2)[c-](-c2ccccc2)c1CP(C12CC3CC(CC(C3)C1)C2)C12CC3CC(CC(C3)C1)C2)(C1NCCCN1)C1NCCCN1.[Fe+2].c1cc[cH-]c1. The second-order valence-electron chi connectivity index (χ2n) is 20.7. The van der Waals surface area contributed by atoms with Gasteiger partial charge in [0.05, 0.1) is 12.3 Å². The first-order valence-corrected chi connectivity index (χ1v) is 25.7. The van der Waals surface area contributed by atoms with Crippen molar-refractivity contribution < 1.29 is 17.1 Å². The van der Waals surface area contributed by atoms with E-state index in [2.05, 4.69) is 97.2 Å². The van der Waals surface area contributed by atoms with Crippen LogP contribution in [0.15, 0.2) is 97.1 Å². The summed E-state index contributed by atoms with van der Waals surface area (Å²) < 4.78 is 0. The molecule has 14 rings (SSSR count). The van der Waals surface area contributed by atoms with E-state index in [1.165, 1.54) is 35.7 Å². The van der Waals surface area contributed by atoms with Crippen molar-refractivity contribution in [3.63, 3.8) is 0 Å². The van der Waals surface area contributed by atoms with E-state index >= 15 is 0 Å². The van der Waals surface area contributed by atoms with Crippen LogP contribution in [-0.4, -0.2) is 48.8 Å². The molecule has 4 nitrogen and oxygen atoms in total. The minimum Gasteiger partial charge on any atom is -0.301 e. The van der Waals surface area contributed by atoms with Gasteiger partial charge in [-0.25, -0.2) is 12.1 Å². The molecule has 314 valence electrons. The Morgan fingerprint density at radius 3 is 1.44 bits per heavy atom. The molecule has 7 heteroatoms. The molecule has 0 aromatic heterocycles. The fraction of sp³-hybridized carbons (Fsp3) is 0.577. The Morgan fingerprint density at radius 2 is 1.03 bits per heavy atom. The predicted molar refractivity (Wildman–Crippen MR) is 248 cm³/mol. The van der Waals surface area contributed by atoms with Gasteiger partial charge in [0.1, 0.15) is 0 Å². The third-order valence-electron chi connectivity index (χ3n) is 16.9. The molecule has 0 amide bonds. The molecular weight excluding hydrogens is 798 g/mol. The van der Waals surface area contributed by atoms with Crippen molar-refractivity contribution >= 4 is 17.2 Å². The number of benzene rings is 2. The fourth-order valence-corrected chi connectivity index (χ4v) is 21.4. The summed E-state index contributed by atoms with van der Waals surface area (Å²) >= 11 is 0. The van der Waals surface area contributed by atoms with Crippen LogP contribution in [0.3, 0.4) is 0 Å². The molecule has 4 aromatic carbocycles. The smallest absolute Gasteiger partial charge is 0.301 e. The molecule has 0 radical (unpaired) electrons. The summed E-state index contributed by atoms with van der Waals surface area (Å²) in [4.78, 5) is 0. The van der Waals surface area contributed by atoms with E-state index < -0.39 is 0 Å². The van der Waals surface area contributed by atoms with Gasteiger partial charge in [-0.15, -0.1) is 38.6 Å². The maximum Gasteiger partial charge on any atom is 2.00 e. The van der Waals surface area contributed by atoms with Crippen molar-refractivity contribution in [1.29, 1.82) is 0 Å². The topological polar surface area (TPSA) is 48.1 Å². The van der Waals surface area contributed by atoms with E-state index in [0.29, 0.717) is 10.3 Å². The van der Waals surface area contributed by atoms with Crippen LogP contribution in [0.2, 0.25) is 0 Å². The molecule has 1 unspecified atom stereocenters. The van der Waals surface area contributed by atoms with E-state index in [0.717, 1.165) is 61.7 Å². The van der Waals surface area contributed by atoms with Gasteiger partial charge in [-0.2, -0.15) is 18.2 Å². The summed E-state index contributed by atoms with van der Waals surface area (Å²) in [7, 11) is 3.33. The van der Waals surface area contributed by atoms with Gasteiger partial charge in [-0.1, -0.05) is 78.7 Å². The van der Waals surface area contributed by atoms with Crippen LogP contribution in [0.5, 0.6) is 0 Å². The van der Waals surface area contributed by atoms with Gasteiger partial charge >= 0.3 is 17.1 Å². The van der Waals surface area contributed by atoms with Crippen molar-refractivity contribution in [3.05, 3.63) is 108 Å². The first kappa shape index (κ1) is 41.4. The Bertz CT molecular complexity index is 1830. The van der Waals surface area contributed by atoms with Crippen LogP contribution >= 0.6 is 17.2 Å². The second kappa shape index (κ2) is 17.1. The number of rotatable bonds is 9. The quantitative estimate of drug-likeness (QED) is 0.0769. The third-order valence-corrected chi connectivity index (χ3v) is 21.9. The molecule has 4 aromatic rings. The molecule has 10 fully saturated rings. The first-order valence-electron chi connectivity index (χ1n) is 23.6. The van der Waals surface area contributed by atoms with E-state index in [4.69, 9.17) is 0 Å². The molecule has 8 bridgehead atoms. The van der Waals surface area contributed by atoms with Crippen molar-refractivity contribution in [1.82, 2.24) is 21.3 Å². The molecule has 1 atom stereocenters. The average Bonchev–Trinajstić information content (AvgIpc) is 3.96. The van der Waals surface area contributed by atoms with E-state index in [9.17, 15) is 0 Å². The summed E-state index contributed by atoms with van der Waals surface area (Å²) in [6.07, 6.45) is 22.6.